The van der Waals surface area contributed by atoms with E-state index in [9.17, 15) is 4.79 Å². The summed E-state index contributed by atoms with van der Waals surface area (Å²) in [7, 11) is 3.03. The molecule has 0 bridgehead atoms. The van der Waals surface area contributed by atoms with Crippen molar-refractivity contribution in [1.29, 1.82) is 5.26 Å². The van der Waals surface area contributed by atoms with E-state index in [2.05, 4.69) is 0 Å². The molecule has 0 saturated carbocycles. The van der Waals surface area contributed by atoms with E-state index in [1.54, 1.807) is 27.9 Å². The predicted molar refractivity (Wildman–Crippen MR) is 68.4 cm³/mol. The maximum absolute atomic E-state index is 11.9. The molecule has 0 rings (SSSR count). The first-order chi connectivity index (χ1) is 8.85. The smallest absolute Gasteiger partial charge is 0.326 e. The molecular weight excluding hydrogens is 250 g/mol. The Morgan fingerprint density at radius 2 is 1.84 bits per heavy atom. The topological polar surface area (TPSA) is 77.8 Å². The number of methoxy groups -OCH3 is 2. The fraction of sp³-hybridized carbons (Fsp3) is 0.846. The van der Waals surface area contributed by atoms with E-state index in [1.165, 1.54) is 7.11 Å². The van der Waals surface area contributed by atoms with Crippen LogP contribution in [0.25, 0.3) is 0 Å². The molecule has 0 aliphatic heterocycles. The number of hydrogen-bond acceptors (Lipinski definition) is 6. The van der Waals surface area contributed by atoms with Crippen LogP contribution >= 0.6 is 0 Å². The van der Waals surface area contributed by atoms with Gasteiger partial charge in [0, 0.05) is 14.2 Å². The minimum absolute atomic E-state index is 0.140. The first-order valence-electron chi connectivity index (χ1n) is 6.07. The Bertz CT molecular complexity index is 305. The number of carbonyl (C=O) groups excluding carboxylic acids is 1. The summed E-state index contributed by atoms with van der Waals surface area (Å²) in [4.78, 5) is 11.9. The molecule has 2 atom stereocenters. The lowest BCUT2D eigenvalue weighted by Crippen LogP contribution is -2.38. The van der Waals surface area contributed by atoms with Gasteiger partial charge in [-0.05, 0) is 20.8 Å². The van der Waals surface area contributed by atoms with E-state index < -0.39 is 23.6 Å². The summed E-state index contributed by atoms with van der Waals surface area (Å²) >= 11 is 0. The van der Waals surface area contributed by atoms with Crippen molar-refractivity contribution in [2.24, 2.45) is 5.92 Å². The average molecular weight is 273 g/mol. The summed E-state index contributed by atoms with van der Waals surface area (Å²) < 4.78 is 20.5. The molecule has 0 radical (unpaired) electrons. The van der Waals surface area contributed by atoms with Crippen LogP contribution in [0, 0.1) is 17.2 Å². The quantitative estimate of drug-likeness (QED) is 0.487. The summed E-state index contributed by atoms with van der Waals surface area (Å²) in [5.41, 5.74) is -0.643. The van der Waals surface area contributed by atoms with E-state index in [0.29, 0.717) is 6.61 Å². The van der Waals surface area contributed by atoms with Crippen molar-refractivity contribution in [1.82, 2.24) is 0 Å². The molecule has 2 unspecified atom stereocenters. The average Bonchev–Trinajstić information content (AvgIpc) is 2.27. The maximum Gasteiger partial charge on any atom is 0.326 e. The van der Waals surface area contributed by atoms with Crippen LogP contribution in [0.1, 0.15) is 20.8 Å². The van der Waals surface area contributed by atoms with Crippen molar-refractivity contribution in [2.45, 2.75) is 32.5 Å². The molecule has 0 saturated heterocycles. The number of hydrogen-bond donors (Lipinski definition) is 0. The van der Waals surface area contributed by atoms with E-state index in [-0.39, 0.29) is 13.2 Å². The number of ether oxygens (including phenoxy) is 4. The molecule has 0 N–H and O–H groups in total. The minimum atomic E-state index is -1.02. The standard InChI is InChI=1S/C13H23NO5/c1-13(2,3)19-12(15)10(8-14)11(9-17-5)18-7-6-16-4/h10-11H,6-7,9H2,1-5H3. The van der Waals surface area contributed by atoms with Gasteiger partial charge in [-0.15, -0.1) is 0 Å². The van der Waals surface area contributed by atoms with Crippen molar-refractivity contribution < 1.29 is 23.7 Å². The first-order valence-corrected chi connectivity index (χ1v) is 6.07. The van der Waals surface area contributed by atoms with Crippen molar-refractivity contribution in [2.75, 3.05) is 34.0 Å². The fourth-order valence-corrected chi connectivity index (χ4v) is 1.34. The molecule has 0 spiro atoms. The second-order valence-electron chi connectivity index (χ2n) is 5.00. The van der Waals surface area contributed by atoms with Gasteiger partial charge < -0.3 is 18.9 Å². The molecule has 110 valence electrons. The third-order valence-corrected chi connectivity index (χ3v) is 2.12. The second kappa shape index (κ2) is 8.86. The van der Waals surface area contributed by atoms with Crippen molar-refractivity contribution in [3.63, 3.8) is 0 Å². The highest BCUT2D eigenvalue weighted by molar-refractivity contribution is 5.76. The highest BCUT2D eigenvalue weighted by atomic mass is 16.6. The van der Waals surface area contributed by atoms with Gasteiger partial charge in [0.05, 0.1) is 25.9 Å². The summed E-state index contributed by atoms with van der Waals surface area (Å²) in [6.45, 7) is 6.04. The number of esters is 1. The number of rotatable bonds is 8. The van der Waals surface area contributed by atoms with Crippen LogP contribution in [0.4, 0.5) is 0 Å². The lowest BCUT2D eigenvalue weighted by Gasteiger charge is -2.25. The van der Waals surface area contributed by atoms with Crippen LogP contribution in [0.15, 0.2) is 0 Å². The largest absolute Gasteiger partial charge is 0.459 e. The van der Waals surface area contributed by atoms with Gasteiger partial charge >= 0.3 is 5.97 Å². The number of carbonyl (C=O) groups is 1. The lowest BCUT2D eigenvalue weighted by atomic mass is 10.0. The SMILES string of the molecule is COCCOC(COC)C(C#N)C(=O)OC(C)(C)C. The Hall–Kier alpha value is -1.16. The Balaban J connectivity index is 4.64. The molecule has 0 amide bonds. The van der Waals surface area contributed by atoms with Crippen LogP contribution in [-0.4, -0.2) is 51.7 Å². The maximum atomic E-state index is 11.9. The highest BCUT2D eigenvalue weighted by Crippen LogP contribution is 2.16. The zero-order valence-corrected chi connectivity index (χ0v) is 12.3. The van der Waals surface area contributed by atoms with Gasteiger partial charge in [0.15, 0.2) is 5.92 Å². The third-order valence-electron chi connectivity index (χ3n) is 2.12. The summed E-state index contributed by atoms with van der Waals surface area (Å²) in [5, 5.41) is 9.13. The van der Waals surface area contributed by atoms with Gasteiger partial charge in [-0.25, -0.2) is 0 Å². The number of nitrogens with zero attached hydrogens (tertiary/aromatic N) is 1. The Morgan fingerprint density at radius 1 is 1.21 bits per heavy atom. The van der Waals surface area contributed by atoms with E-state index >= 15 is 0 Å². The fourth-order valence-electron chi connectivity index (χ4n) is 1.34. The molecule has 0 aromatic heterocycles. The van der Waals surface area contributed by atoms with Gasteiger partial charge in [-0.2, -0.15) is 5.26 Å². The van der Waals surface area contributed by atoms with Gasteiger partial charge in [0.2, 0.25) is 0 Å². The molecule has 0 aliphatic carbocycles. The monoisotopic (exact) mass is 273 g/mol. The normalized spacial score (nSPS) is 14.5. The van der Waals surface area contributed by atoms with Crippen LogP contribution in [-0.2, 0) is 23.7 Å². The van der Waals surface area contributed by atoms with Gasteiger partial charge in [-0.1, -0.05) is 0 Å². The van der Waals surface area contributed by atoms with Crippen molar-refractivity contribution in [3.8, 4) is 6.07 Å². The van der Waals surface area contributed by atoms with Gasteiger partial charge in [0.25, 0.3) is 0 Å². The first kappa shape index (κ1) is 17.8. The highest BCUT2D eigenvalue weighted by Gasteiger charge is 2.33. The summed E-state index contributed by atoms with van der Waals surface area (Å²) in [6, 6.07) is 1.92. The zero-order valence-electron chi connectivity index (χ0n) is 12.3. The molecule has 0 fully saturated rings. The Morgan fingerprint density at radius 3 is 2.26 bits per heavy atom. The van der Waals surface area contributed by atoms with Crippen LogP contribution in [0.3, 0.4) is 0 Å². The molecule has 0 heterocycles. The van der Waals surface area contributed by atoms with E-state index in [1.807, 2.05) is 6.07 Å². The van der Waals surface area contributed by atoms with Crippen LogP contribution in [0.5, 0.6) is 0 Å². The van der Waals surface area contributed by atoms with Crippen molar-refractivity contribution in [3.05, 3.63) is 0 Å². The molecule has 0 aromatic rings. The van der Waals surface area contributed by atoms with Crippen LogP contribution < -0.4 is 0 Å². The van der Waals surface area contributed by atoms with E-state index in [0.717, 1.165) is 0 Å². The zero-order chi connectivity index (χ0) is 14.9. The number of nitriles is 1. The third kappa shape index (κ3) is 7.78. The Kier molecular flexibility index (Phi) is 8.32. The van der Waals surface area contributed by atoms with Gasteiger partial charge in [-0.3, -0.25) is 4.79 Å². The predicted octanol–water partition coefficient (Wildman–Crippen LogP) is 1.15. The molecule has 0 aromatic carbocycles. The molecule has 6 nitrogen and oxygen atoms in total. The Labute approximate surface area is 114 Å². The summed E-state index contributed by atoms with van der Waals surface area (Å²) in [6.07, 6.45) is -0.667. The minimum Gasteiger partial charge on any atom is -0.459 e. The summed E-state index contributed by atoms with van der Waals surface area (Å²) in [5.74, 6) is -1.62. The second-order valence-corrected chi connectivity index (χ2v) is 5.00. The molecule has 6 heteroatoms. The molecular formula is C13H23NO5. The molecule has 19 heavy (non-hydrogen) atoms. The van der Waals surface area contributed by atoms with Gasteiger partial charge in [0.1, 0.15) is 11.7 Å². The van der Waals surface area contributed by atoms with Crippen molar-refractivity contribution >= 4 is 5.97 Å². The van der Waals surface area contributed by atoms with Crippen LogP contribution in [0.2, 0.25) is 0 Å². The molecule has 0 aliphatic rings. The lowest BCUT2D eigenvalue weighted by molar-refractivity contribution is -0.164. The van der Waals surface area contributed by atoms with E-state index in [4.69, 9.17) is 24.2 Å².